The Labute approximate surface area is 193 Å². The van der Waals surface area contributed by atoms with Crippen molar-refractivity contribution in [2.24, 2.45) is 7.05 Å². The van der Waals surface area contributed by atoms with Crippen LogP contribution in [0.1, 0.15) is 4.88 Å². The van der Waals surface area contributed by atoms with Crippen LogP contribution in [-0.4, -0.2) is 33.5 Å². The van der Waals surface area contributed by atoms with Crippen LogP contribution in [-0.2, 0) is 18.4 Å². The Hall–Kier alpha value is -3.17. The van der Waals surface area contributed by atoms with Gasteiger partial charge in [-0.25, -0.2) is 4.39 Å². The third-order valence-corrected chi connectivity index (χ3v) is 6.71. The first-order valence-corrected chi connectivity index (χ1v) is 11.7. The Bertz CT molecular complexity index is 1180. The zero-order chi connectivity index (χ0) is 22.5. The number of nitrogens with zero attached hydrogens (tertiary/aromatic N) is 4. The molecule has 2 aromatic carbocycles. The minimum atomic E-state index is -0.305. The minimum Gasteiger partial charge on any atom is -0.497 e. The third kappa shape index (κ3) is 5.00. The van der Waals surface area contributed by atoms with Crippen molar-refractivity contribution in [2.75, 3.05) is 17.8 Å². The Balaban J connectivity index is 1.50. The molecule has 4 aromatic rings. The lowest BCUT2D eigenvalue weighted by Crippen LogP contribution is -2.31. The predicted octanol–water partition coefficient (Wildman–Crippen LogP) is 5.02. The highest BCUT2D eigenvalue weighted by Crippen LogP contribution is 2.26. The van der Waals surface area contributed by atoms with Crippen molar-refractivity contribution < 1.29 is 13.9 Å². The van der Waals surface area contributed by atoms with Crippen LogP contribution in [0, 0.1) is 5.82 Å². The summed E-state index contributed by atoms with van der Waals surface area (Å²) < 4.78 is 20.3. The fraction of sp³-hybridized carbons (Fsp3) is 0.174. The highest BCUT2D eigenvalue weighted by Gasteiger charge is 2.19. The summed E-state index contributed by atoms with van der Waals surface area (Å²) in [5.41, 5.74) is 1.56. The SMILES string of the molecule is COc1ccc(N(Cc2cccs2)C(=O)CSc2nnc(-c3ccc(F)cc3)n2C)cc1. The first kappa shape index (κ1) is 22.0. The summed E-state index contributed by atoms with van der Waals surface area (Å²) >= 11 is 2.93. The van der Waals surface area contributed by atoms with Crippen molar-refractivity contribution in [1.29, 1.82) is 0 Å². The number of thioether (sulfide) groups is 1. The van der Waals surface area contributed by atoms with Gasteiger partial charge >= 0.3 is 0 Å². The molecule has 0 spiro atoms. The summed E-state index contributed by atoms with van der Waals surface area (Å²) in [5, 5.41) is 11.0. The van der Waals surface area contributed by atoms with Gasteiger partial charge in [0.1, 0.15) is 11.6 Å². The average Bonchev–Trinajstić information content (AvgIpc) is 3.46. The van der Waals surface area contributed by atoms with Gasteiger partial charge in [-0.05, 0) is 60.0 Å². The van der Waals surface area contributed by atoms with E-state index in [2.05, 4.69) is 10.2 Å². The molecule has 0 unspecified atom stereocenters. The second-order valence-electron chi connectivity index (χ2n) is 6.92. The molecule has 0 saturated carbocycles. The lowest BCUT2D eigenvalue weighted by Gasteiger charge is -2.22. The predicted molar refractivity (Wildman–Crippen MR) is 126 cm³/mol. The fourth-order valence-electron chi connectivity index (χ4n) is 3.14. The molecular weight excluding hydrogens is 447 g/mol. The molecule has 6 nitrogen and oxygen atoms in total. The van der Waals surface area contributed by atoms with Crippen LogP contribution in [0.25, 0.3) is 11.4 Å². The molecule has 32 heavy (non-hydrogen) atoms. The summed E-state index contributed by atoms with van der Waals surface area (Å²) in [6.07, 6.45) is 0. The summed E-state index contributed by atoms with van der Waals surface area (Å²) in [7, 11) is 3.44. The summed E-state index contributed by atoms with van der Waals surface area (Å²) in [5.74, 6) is 1.21. The van der Waals surface area contributed by atoms with Gasteiger partial charge in [0, 0.05) is 23.2 Å². The van der Waals surface area contributed by atoms with E-state index in [-0.39, 0.29) is 17.5 Å². The lowest BCUT2D eigenvalue weighted by atomic mass is 10.2. The first-order valence-electron chi connectivity index (χ1n) is 9.80. The van der Waals surface area contributed by atoms with Crippen LogP contribution >= 0.6 is 23.1 Å². The Morgan fingerprint density at radius 1 is 1.12 bits per heavy atom. The number of halogens is 1. The zero-order valence-corrected chi connectivity index (χ0v) is 19.2. The van der Waals surface area contributed by atoms with Crippen LogP contribution in [0.4, 0.5) is 10.1 Å². The van der Waals surface area contributed by atoms with Gasteiger partial charge in [-0.15, -0.1) is 21.5 Å². The van der Waals surface area contributed by atoms with E-state index < -0.39 is 0 Å². The molecule has 0 bridgehead atoms. The van der Waals surface area contributed by atoms with Crippen LogP contribution in [0.2, 0.25) is 0 Å². The van der Waals surface area contributed by atoms with Crippen molar-refractivity contribution in [2.45, 2.75) is 11.7 Å². The van der Waals surface area contributed by atoms with E-state index in [1.807, 2.05) is 53.4 Å². The van der Waals surface area contributed by atoms with Gasteiger partial charge in [0.2, 0.25) is 5.91 Å². The number of rotatable bonds is 8. The van der Waals surface area contributed by atoms with E-state index in [0.29, 0.717) is 17.5 Å². The molecule has 0 radical (unpaired) electrons. The number of carbonyl (C=O) groups excluding carboxylic acids is 1. The average molecular weight is 469 g/mol. The number of hydrogen-bond acceptors (Lipinski definition) is 6. The number of amides is 1. The number of carbonyl (C=O) groups is 1. The van der Waals surface area contributed by atoms with E-state index in [9.17, 15) is 9.18 Å². The summed E-state index contributed by atoms with van der Waals surface area (Å²) in [6.45, 7) is 0.489. The molecule has 2 heterocycles. The van der Waals surface area contributed by atoms with Crippen molar-refractivity contribution in [3.8, 4) is 17.1 Å². The van der Waals surface area contributed by atoms with Gasteiger partial charge in [0.15, 0.2) is 11.0 Å². The molecule has 0 saturated heterocycles. The highest BCUT2D eigenvalue weighted by atomic mass is 32.2. The number of ether oxygens (including phenoxy) is 1. The maximum Gasteiger partial charge on any atom is 0.237 e. The van der Waals surface area contributed by atoms with Gasteiger partial charge in [0.05, 0.1) is 19.4 Å². The Morgan fingerprint density at radius 2 is 1.88 bits per heavy atom. The van der Waals surface area contributed by atoms with Gasteiger partial charge in [-0.1, -0.05) is 17.8 Å². The molecule has 0 aliphatic heterocycles. The lowest BCUT2D eigenvalue weighted by molar-refractivity contribution is -0.116. The molecule has 0 atom stereocenters. The van der Waals surface area contributed by atoms with Crippen molar-refractivity contribution in [3.63, 3.8) is 0 Å². The maximum atomic E-state index is 13.2. The molecule has 9 heteroatoms. The van der Waals surface area contributed by atoms with Gasteiger partial charge < -0.3 is 14.2 Å². The first-order chi connectivity index (χ1) is 15.5. The van der Waals surface area contributed by atoms with Crippen LogP contribution in [0.5, 0.6) is 5.75 Å². The van der Waals surface area contributed by atoms with Crippen molar-refractivity contribution >= 4 is 34.7 Å². The van der Waals surface area contributed by atoms with Crippen molar-refractivity contribution in [1.82, 2.24) is 14.8 Å². The fourth-order valence-corrected chi connectivity index (χ4v) is 4.62. The quantitative estimate of drug-likeness (QED) is 0.340. The minimum absolute atomic E-state index is 0.0418. The summed E-state index contributed by atoms with van der Waals surface area (Å²) in [4.78, 5) is 16.1. The van der Waals surface area contributed by atoms with Gasteiger partial charge in [-0.3, -0.25) is 4.79 Å². The number of anilines is 1. The second kappa shape index (κ2) is 9.97. The number of methoxy groups -OCH3 is 1. The summed E-state index contributed by atoms with van der Waals surface area (Å²) in [6, 6.07) is 17.5. The van der Waals surface area contributed by atoms with Crippen LogP contribution < -0.4 is 9.64 Å². The molecule has 1 amide bonds. The number of hydrogen-bond donors (Lipinski definition) is 0. The molecular formula is C23H21FN4O2S2. The van der Waals surface area contributed by atoms with E-state index in [0.717, 1.165) is 21.9 Å². The largest absolute Gasteiger partial charge is 0.497 e. The molecule has 164 valence electrons. The van der Waals surface area contributed by atoms with Gasteiger partial charge in [-0.2, -0.15) is 0 Å². The van der Waals surface area contributed by atoms with E-state index in [4.69, 9.17) is 4.74 Å². The smallest absolute Gasteiger partial charge is 0.237 e. The second-order valence-corrected chi connectivity index (χ2v) is 8.89. The Morgan fingerprint density at radius 3 is 2.53 bits per heavy atom. The standard InChI is InChI=1S/C23H21FN4O2S2/c1-27-22(16-5-7-17(24)8-6-16)25-26-23(27)32-15-21(29)28(14-20-4-3-13-31-20)18-9-11-19(30-2)12-10-18/h3-13H,14-15H2,1-2H3. The van der Waals surface area contributed by atoms with E-state index >= 15 is 0 Å². The molecule has 0 aliphatic rings. The van der Waals surface area contributed by atoms with Crippen LogP contribution in [0.3, 0.4) is 0 Å². The molecule has 0 fully saturated rings. The molecule has 2 aromatic heterocycles. The highest BCUT2D eigenvalue weighted by molar-refractivity contribution is 7.99. The monoisotopic (exact) mass is 468 g/mol. The van der Waals surface area contributed by atoms with E-state index in [1.54, 1.807) is 35.5 Å². The van der Waals surface area contributed by atoms with E-state index in [1.165, 1.54) is 23.9 Å². The number of aromatic nitrogens is 3. The molecule has 0 aliphatic carbocycles. The number of thiophene rings is 1. The molecule has 0 N–H and O–H groups in total. The Kier molecular flexibility index (Phi) is 6.87. The normalized spacial score (nSPS) is 10.8. The van der Waals surface area contributed by atoms with Crippen LogP contribution in [0.15, 0.2) is 71.2 Å². The van der Waals surface area contributed by atoms with Gasteiger partial charge in [0.25, 0.3) is 0 Å². The number of benzene rings is 2. The maximum absolute atomic E-state index is 13.2. The van der Waals surface area contributed by atoms with Crippen molar-refractivity contribution in [3.05, 3.63) is 76.7 Å². The zero-order valence-electron chi connectivity index (χ0n) is 17.6. The third-order valence-electron chi connectivity index (χ3n) is 4.84. The molecule has 4 rings (SSSR count). The topological polar surface area (TPSA) is 60.2 Å².